The van der Waals surface area contributed by atoms with Gasteiger partial charge in [0.15, 0.2) is 0 Å². The normalized spacial score (nSPS) is 14.3. The van der Waals surface area contributed by atoms with Crippen molar-refractivity contribution in [3.8, 4) is 0 Å². The zero-order valence-corrected chi connectivity index (χ0v) is 18.9. The highest BCUT2D eigenvalue weighted by atomic mass is 32.2. The summed E-state index contributed by atoms with van der Waals surface area (Å²) in [6, 6.07) is 31.0. The zero-order chi connectivity index (χ0) is 20.3. The lowest BCUT2D eigenvalue weighted by Gasteiger charge is -2.40. The Morgan fingerprint density at radius 2 is 1.14 bits per heavy atom. The van der Waals surface area contributed by atoms with Crippen molar-refractivity contribution in [2.24, 2.45) is 4.03 Å². The highest BCUT2D eigenvalue weighted by Crippen LogP contribution is 2.37. The smallest absolute Gasteiger partial charge is 0.260 e. The molecule has 0 saturated carbocycles. The van der Waals surface area contributed by atoms with E-state index in [2.05, 4.69) is 69.3 Å². The summed E-state index contributed by atoms with van der Waals surface area (Å²) in [7, 11) is -5.12. The molecule has 1 atom stereocenters. The number of hydrogen-bond donors (Lipinski definition) is 0. The van der Waals surface area contributed by atoms with Gasteiger partial charge in [-0.05, 0) is 21.0 Å². The summed E-state index contributed by atoms with van der Waals surface area (Å²) in [5.41, 5.74) is 1.07. The maximum atomic E-state index is 13.8. The van der Waals surface area contributed by atoms with E-state index in [0.717, 1.165) is 5.56 Å². The van der Waals surface area contributed by atoms with Gasteiger partial charge in [0.25, 0.3) is 8.24 Å². The van der Waals surface area contributed by atoms with Crippen molar-refractivity contribution < 1.29 is 4.21 Å². The molecule has 0 spiro atoms. The monoisotopic (exact) mass is 407 g/mol. The Hall–Kier alpha value is -2.17. The maximum absolute atomic E-state index is 13.8. The Kier molecular flexibility index (Phi) is 5.92. The standard InChI is InChI=1S/C24H29NOSSi/c1-24(2,3)28(22-16-10-6-11-17-22,23-18-12-7-13-19-23)25-27(4,26)20-21-14-8-5-9-15-21/h5-19H,20H2,1-4H3/t27-/m1/s1. The van der Waals surface area contributed by atoms with E-state index in [1.54, 1.807) is 0 Å². The minimum absolute atomic E-state index is 0.134. The van der Waals surface area contributed by atoms with Gasteiger partial charge in [0, 0.05) is 16.0 Å². The van der Waals surface area contributed by atoms with Crippen LogP contribution in [0.2, 0.25) is 5.04 Å². The molecule has 0 unspecified atom stereocenters. The summed E-state index contributed by atoms with van der Waals surface area (Å²) >= 11 is 0. The van der Waals surface area contributed by atoms with Gasteiger partial charge < -0.3 is 0 Å². The summed E-state index contributed by atoms with van der Waals surface area (Å²) in [4.78, 5) is 0. The molecule has 0 aliphatic rings. The zero-order valence-electron chi connectivity index (χ0n) is 17.1. The van der Waals surface area contributed by atoms with Crippen LogP contribution in [0, 0.1) is 0 Å². The van der Waals surface area contributed by atoms with Crippen LogP contribution in [0.15, 0.2) is 95.0 Å². The van der Waals surface area contributed by atoms with Crippen molar-refractivity contribution in [2.75, 3.05) is 6.26 Å². The third kappa shape index (κ3) is 4.29. The second-order valence-corrected chi connectivity index (χ2v) is 15.4. The fraction of sp³-hybridized carbons (Fsp3) is 0.250. The van der Waals surface area contributed by atoms with Crippen LogP contribution in [0.5, 0.6) is 0 Å². The molecule has 0 heterocycles. The molecule has 0 radical (unpaired) electrons. The summed E-state index contributed by atoms with van der Waals surface area (Å²) in [5, 5.41) is 2.28. The Bertz CT molecular complexity index is 979. The van der Waals surface area contributed by atoms with E-state index in [4.69, 9.17) is 4.03 Å². The summed E-state index contributed by atoms with van der Waals surface area (Å²) in [6.07, 6.45) is 1.82. The van der Waals surface area contributed by atoms with Gasteiger partial charge in [0.2, 0.25) is 0 Å². The van der Waals surface area contributed by atoms with Crippen molar-refractivity contribution in [3.63, 3.8) is 0 Å². The van der Waals surface area contributed by atoms with Gasteiger partial charge in [0.1, 0.15) is 0 Å². The van der Waals surface area contributed by atoms with Gasteiger partial charge >= 0.3 is 0 Å². The number of nitrogens with zero attached hydrogens (tertiary/aromatic N) is 1. The van der Waals surface area contributed by atoms with E-state index in [-0.39, 0.29) is 5.04 Å². The molecular weight excluding hydrogens is 378 g/mol. The number of hydrogen-bond acceptors (Lipinski definition) is 2. The maximum Gasteiger partial charge on any atom is 0.260 e. The molecule has 4 heteroatoms. The largest absolute Gasteiger partial charge is 0.265 e. The van der Waals surface area contributed by atoms with Crippen molar-refractivity contribution in [3.05, 3.63) is 96.6 Å². The van der Waals surface area contributed by atoms with Gasteiger partial charge in [-0.3, -0.25) is 8.24 Å². The summed E-state index contributed by atoms with van der Waals surface area (Å²) in [5.74, 6) is 0.471. The predicted molar refractivity (Wildman–Crippen MR) is 124 cm³/mol. The van der Waals surface area contributed by atoms with Gasteiger partial charge in [-0.1, -0.05) is 112 Å². The molecule has 0 aromatic heterocycles. The van der Waals surface area contributed by atoms with E-state index in [0.29, 0.717) is 5.75 Å². The Labute approximate surface area is 170 Å². The van der Waals surface area contributed by atoms with E-state index in [1.165, 1.54) is 10.4 Å². The Morgan fingerprint density at radius 1 is 0.750 bits per heavy atom. The minimum Gasteiger partial charge on any atom is -0.265 e. The quantitative estimate of drug-likeness (QED) is 0.556. The van der Waals surface area contributed by atoms with E-state index in [1.807, 2.05) is 48.7 Å². The molecule has 0 saturated heterocycles. The van der Waals surface area contributed by atoms with E-state index >= 15 is 0 Å². The van der Waals surface area contributed by atoms with Crippen molar-refractivity contribution in [1.82, 2.24) is 0 Å². The molecule has 3 rings (SSSR count). The fourth-order valence-electron chi connectivity index (χ4n) is 3.84. The lowest BCUT2D eigenvalue weighted by atomic mass is 10.2. The van der Waals surface area contributed by atoms with E-state index in [9.17, 15) is 4.21 Å². The third-order valence-corrected chi connectivity index (χ3v) is 13.1. The molecule has 0 aliphatic carbocycles. The topological polar surface area (TPSA) is 29.4 Å². The van der Waals surface area contributed by atoms with Crippen LogP contribution in [0.25, 0.3) is 0 Å². The SMILES string of the molecule is CC(C)(C)[Si](N=[S@](C)(=O)Cc1ccccc1)(c1ccccc1)c1ccccc1. The van der Waals surface area contributed by atoms with Crippen LogP contribution >= 0.6 is 0 Å². The number of rotatable bonds is 5. The molecule has 0 bridgehead atoms. The Balaban J connectivity index is 2.28. The van der Waals surface area contributed by atoms with Gasteiger partial charge in [-0.2, -0.15) is 0 Å². The molecule has 0 amide bonds. The molecule has 0 aliphatic heterocycles. The predicted octanol–water partition coefficient (Wildman–Crippen LogP) is 4.84. The van der Waals surface area contributed by atoms with Crippen LogP contribution in [0.4, 0.5) is 0 Å². The van der Waals surface area contributed by atoms with Crippen molar-refractivity contribution in [2.45, 2.75) is 31.6 Å². The average Bonchev–Trinajstić information content (AvgIpc) is 2.67. The molecular formula is C24H29NOSSi. The molecule has 28 heavy (non-hydrogen) atoms. The summed E-state index contributed by atoms with van der Waals surface area (Å²) < 4.78 is 19.1. The first-order valence-electron chi connectivity index (χ1n) is 9.61. The second-order valence-electron chi connectivity index (χ2n) is 8.37. The van der Waals surface area contributed by atoms with Crippen molar-refractivity contribution in [1.29, 1.82) is 0 Å². The first-order chi connectivity index (χ1) is 13.2. The fourth-order valence-corrected chi connectivity index (χ4v) is 12.6. The van der Waals surface area contributed by atoms with Gasteiger partial charge in [-0.25, -0.2) is 0 Å². The van der Waals surface area contributed by atoms with E-state index < -0.39 is 18.0 Å². The van der Waals surface area contributed by atoms with Crippen LogP contribution in [-0.2, 0) is 15.5 Å². The van der Waals surface area contributed by atoms with Crippen molar-refractivity contribution >= 4 is 28.3 Å². The third-order valence-electron chi connectivity index (χ3n) is 5.08. The first-order valence-corrected chi connectivity index (χ1v) is 13.6. The van der Waals surface area contributed by atoms with Crippen LogP contribution in [0.3, 0.4) is 0 Å². The van der Waals surface area contributed by atoms with Crippen LogP contribution in [0.1, 0.15) is 26.3 Å². The average molecular weight is 408 g/mol. The highest BCUT2D eigenvalue weighted by molar-refractivity contribution is 7.93. The second kappa shape index (κ2) is 8.06. The molecule has 0 N–H and O–H groups in total. The molecule has 2 nitrogen and oxygen atoms in total. The number of benzene rings is 3. The lowest BCUT2D eigenvalue weighted by Crippen LogP contribution is -2.63. The van der Waals surface area contributed by atoms with Gasteiger partial charge in [0.05, 0.1) is 5.75 Å². The molecule has 0 fully saturated rings. The van der Waals surface area contributed by atoms with Crippen LogP contribution < -0.4 is 10.4 Å². The van der Waals surface area contributed by atoms with Crippen LogP contribution in [-0.4, -0.2) is 18.7 Å². The summed E-state index contributed by atoms with van der Waals surface area (Å²) in [6.45, 7) is 6.71. The molecule has 3 aromatic rings. The highest BCUT2D eigenvalue weighted by Gasteiger charge is 2.49. The lowest BCUT2D eigenvalue weighted by molar-refractivity contribution is 0.678. The van der Waals surface area contributed by atoms with Gasteiger partial charge in [-0.15, -0.1) is 0 Å². The molecule has 3 aromatic carbocycles. The first kappa shape index (κ1) is 20.6. The minimum atomic E-state index is -2.69. The molecule has 146 valence electrons. The Morgan fingerprint density at radius 3 is 1.54 bits per heavy atom.